The zero-order chi connectivity index (χ0) is 39.0. The molecule has 57 heavy (non-hydrogen) atoms. The lowest BCUT2D eigenvalue weighted by Gasteiger charge is -2.15. The molecule has 0 N–H and O–H groups in total. The van der Waals surface area contributed by atoms with Gasteiger partial charge >= 0.3 is 0 Å². The molecule has 0 radical (unpaired) electrons. The number of rotatable bonds is 9. The predicted octanol–water partition coefficient (Wildman–Crippen LogP) is 14.1. The van der Waals surface area contributed by atoms with Gasteiger partial charge in [-0.05, 0) is 98.6 Å². The molecule has 0 saturated carbocycles. The van der Waals surface area contributed by atoms with Crippen LogP contribution in [0.4, 0.5) is 0 Å². The molecule has 1 heterocycles. The van der Waals surface area contributed by atoms with Gasteiger partial charge in [0.05, 0.1) is 11.0 Å². The van der Waals surface area contributed by atoms with Crippen LogP contribution in [-0.2, 0) is 11.3 Å². The first-order valence-electron chi connectivity index (χ1n) is 19.4. The summed E-state index contributed by atoms with van der Waals surface area (Å²) in [5, 5.41) is 10.3. The van der Waals surface area contributed by atoms with Crippen molar-refractivity contribution >= 4 is 34.4 Å². The summed E-state index contributed by atoms with van der Waals surface area (Å²) in [6, 6.07) is 70.7. The number of hydrogen-bond acceptors (Lipinski definition) is 3. The molecule has 4 heteroatoms. The maximum Gasteiger partial charge on any atom is 0.241 e. The van der Waals surface area contributed by atoms with Crippen molar-refractivity contribution in [2.75, 3.05) is 0 Å². The average Bonchev–Trinajstić information content (AvgIpc) is 3.62. The van der Waals surface area contributed by atoms with Crippen LogP contribution in [0.5, 0.6) is 0 Å². The van der Waals surface area contributed by atoms with E-state index in [-0.39, 0.29) is 0 Å². The minimum atomic E-state index is 0.365. The number of para-hydroxylation sites is 1. The van der Waals surface area contributed by atoms with Gasteiger partial charge in [-0.2, -0.15) is 5.10 Å². The Kier molecular flexibility index (Phi) is 10.9. The monoisotopic (exact) mass is 737 g/mol. The van der Waals surface area contributed by atoms with Crippen molar-refractivity contribution < 1.29 is 4.74 Å². The number of benzene rings is 8. The summed E-state index contributed by atoms with van der Waals surface area (Å²) < 4.78 is 8.47. The normalized spacial score (nSPS) is 11.2. The molecule has 0 saturated heterocycles. The Morgan fingerprint density at radius 2 is 0.947 bits per heavy atom. The molecule has 1 aromatic heterocycles. The van der Waals surface area contributed by atoms with Crippen molar-refractivity contribution in [1.82, 2.24) is 4.57 Å². The Balaban J connectivity index is 0.00000224. The van der Waals surface area contributed by atoms with Crippen LogP contribution in [-0.4, -0.2) is 17.2 Å². The minimum absolute atomic E-state index is 0.365. The number of fused-ring (bicyclic) bond motifs is 3. The minimum Gasteiger partial charge on any atom is -0.471 e. The molecule has 0 aliphatic carbocycles. The Bertz CT molecular complexity index is 2800. The molecule has 9 aromatic rings. The van der Waals surface area contributed by atoms with E-state index in [1.165, 1.54) is 60.8 Å². The predicted molar refractivity (Wildman–Crippen MR) is 241 cm³/mol. The van der Waals surface area contributed by atoms with Crippen molar-refractivity contribution in [2.24, 2.45) is 10.2 Å². The van der Waals surface area contributed by atoms with Gasteiger partial charge in [0, 0.05) is 28.7 Å². The van der Waals surface area contributed by atoms with E-state index in [0.29, 0.717) is 12.5 Å². The van der Waals surface area contributed by atoms with Crippen LogP contribution < -0.4 is 0 Å². The fourth-order valence-electron chi connectivity index (χ4n) is 7.54. The first-order valence-corrected chi connectivity index (χ1v) is 19.4. The molecule has 4 nitrogen and oxygen atoms in total. The SMILES string of the molecule is C=N/N=C(\OCc1ccc(-c2ccccc2-c2ccccc2-c2ccc3c(c2)c2cc(-c4ccccc4)ccc2n3-c2ccccc2)cc1)c1ccccc1.CC. The summed E-state index contributed by atoms with van der Waals surface area (Å²) in [4.78, 5) is 0. The molecule has 0 atom stereocenters. The quantitative estimate of drug-likeness (QED) is 0.0826. The molecular weight excluding hydrogens is 695 g/mol. The van der Waals surface area contributed by atoms with E-state index in [1.807, 2.05) is 44.2 Å². The van der Waals surface area contributed by atoms with E-state index >= 15 is 0 Å². The molecule has 0 spiro atoms. The Hall–Kier alpha value is -7.30. The zero-order valence-corrected chi connectivity index (χ0v) is 32.2. The van der Waals surface area contributed by atoms with Crippen LogP contribution in [0.3, 0.4) is 0 Å². The highest BCUT2D eigenvalue weighted by Crippen LogP contribution is 2.41. The van der Waals surface area contributed by atoms with Crippen LogP contribution in [0.2, 0.25) is 0 Å². The lowest BCUT2D eigenvalue weighted by atomic mass is 9.89. The number of hydrogen-bond donors (Lipinski definition) is 0. The van der Waals surface area contributed by atoms with E-state index in [0.717, 1.165) is 22.4 Å². The second-order valence-electron chi connectivity index (χ2n) is 13.5. The van der Waals surface area contributed by atoms with Gasteiger partial charge in [-0.3, -0.25) is 0 Å². The van der Waals surface area contributed by atoms with E-state index in [1.54, 1.807) is 0 Å². The molecule has 0 fully saturated rings. The maximum atomic E-state index is 6.09. The van der Waals surface area contributed by atoms with Crippen molar-refractivity contribution in [3.63, 3.8) is 0 Å². The third-order valence-electron chi connectivity index (χ3n) is 10.2. The Labute approximate surface area is 334 Å². The number of aromatic nitrogens is 1. The summed E-state index contributed by atoms with van der Waals surface area (Å²) in [6.45, 7) is 7.88. The zero-order valence-electron chi connectivity index (χ0n) is 32.2. The highest BCUT2D eigenvalue weighted by atomic mass is 16.5. The van der Waals surface area contributed by atoms with Crippen LogP contribution in [0.25, 0.3) is 72.0 Å². The second kappa shape index (κ2) is 17.0. The standard InChI is InChI=1S/C51H37N3O.C2H6/c1-52-53-51(39-17-7-3-8-18-39)55-35-36-25-27-38(28-26-36)43-21-11-13-23-45(43)46-24-14-12-22-44(46)41-30-32-50-48(34-41)47-33-40(37-15-5-2-6-16-37)29-31-49(47)54(50)42-19-9-4-10-20-42;1-2/h2-34H,1,35H2;1-2H3/b53-51-;. The molecule has 0 aliphatic rings. The summed E-state index contributed by atoms with van der Waals surface area (Å²) in [6.07, 6.45) is 0. The molecule has 9 rings (SSSR count). The third kappa shape index (κ3) is 7.54. The number of ether oxygens (including phenoxy) is 1. The van der Waals surface area contributed by atoms with Crippen molar-refractivity contribution in [3.8, 4) is 50.2 Å². The summed E-state index contributed by atoms with van der Waals surface area (Å²) in [5.74, 6) is 0.445. The lowest BCUT2D eigenvalue weighted by Crippen LogP contribution is -2.06. The van der Waals surface area contributed by atoms with Gasteiger partial charge in [0.1, 0.15) is 6.61 Å². The van der Waals surface area contributed by atoms with Crippen LogP contribution in [0, 0.1) is 0 Å². The van der Waals surface area contributed by atoms with Gasteiger partial charge in [0.2, 0.25) is 5.90 Å². The smallest absolute Gasteiger partial charge is 0.241 e. The highest BCUT2D eigenvalue weighted by molar-refractivity contribution is 6.12. The van der Waals surface area contributed by atoms with Crippen molar-refractivity contribution in [3.05, 3.63) is 211 Å². The fraction of sp³-hybridized carbons (Fsp3) is 0.0566. The fourth-order valence-corrected chi connectivity index (χ4v) is 7.54. The first-order chi connectivity index (χ1) is 28.2. The second-order valence-corrected chi connectivity index (χ2v) is 13.5. The summed E-state index contributed by atoms with van der Waals surface area (Å²) in [7, 11) is 0. The molecule has 0 amide bonds. The van der Waals surface area contributed by atoms with Crippen LogP contribution >= 0.6 is 0 Å². The van der Waals surface area contributed by atoms with E-state index < -0.39 is 0 Å². The van der Waals surface area contributed by atoms with E-state index in [4.69, 9.17) is 4.74 Å². The van der Waals surface area contributed by atoms with E-state index in [9.17, 15) is 0 Å². The van der Waals surface area contributed by atoms with E-state index in [2.05, 4.69) is 191 Å². The molecule has 276 valence electrons. The largest absolute Gasteiger partial charge is 0.471 e. The Morgan fingerprint density at radius 1 is 0.474 bits per heavy atom. The average molecular weight is 738 g/mol. The van der Waals surface area contributed by atoms with Gasteiger partial charge in [0.15, 0.2) is 0 Å². The third-order valence-corrected chi connectivity index (χ3v) is 10.2. The van der Waals surface area contributed by atoms with Crippen molar-refractivity contribution in [1.29, 1.82) is 0 Å². The van der Waals surface area contributed by atoms with Gasteiger partial charge in [-0.1, -0.05) is 166 Å². The molecule has 0 aliphatic heterocycles. The highest BCUT2D eigenvalue weighted by Gasteiger charge is 2.17. The van der Waals surface area contributed by atoms with Gasteiger partial charge in [0.25, 0.3) is 0 Å². The first kappa shape index (κ1) is 36.7. The van der Waals surface area contributed by atoms with Crippen LogP contribution in [0.15, 0.2) is 210 Å². The summed E-state index contributed by atoms with van der Waals surface area (Å²) in [5.41, 5.74) is 14.8. The maximum absolute atomic E-state index is 6.09. The van der Waals surface area contributed by atoms with Crippen LogP contribution in [0.1, 0.15) is 25.0 Å². The van der Waals surface area contributed by atoms with Crippen molar-refractivity contribution in [2.45, 2.75) is 20.5 Å². The summed E-state index contributed by atoms with van der Waals surface area (Å²) >= 11 is 0. The Morgan fingerprint density at radius 3 is 1.54 bits per heavy atom. The molecular formula is C53H43N3O. The molecule has 0 unspecified atom stereocenters. The molecule has 0 bridgehead atoms. The van der Waals surface area contributed by atoms with Gasteiger partial charge in [-0.25, -0.2) is 0 Å². The van der Waals surface area contributed by atoms with Gasteiger partial charge in [-0.15, -0.1) is 5.10 Å². The lowest BCUT2D eigenvalue weighted by molar-refractivity contribution is 0.292. The number of nitrogens with zero attached hydrogens (tertiary/aromatic N) is 3. The molecule has 8 aromatic carbocycles. The topological polar surface area (TPSA) is 38.9 Å². The van der Waals surface area contributed by atoms with Gasteiger partial charge < -0.3 is 9.30 Å².